The van der Waals surface area contributed by atoms with Crippen LogP contribution in [0.2, 0.25) is 0 Å². The summed E-state index contributed by atoms with van der Waals surface area (Å²) in [4.78, 5) is 14.2. The van der Waals surface area contributed by atoms with Crippen LogP contribution in [0, 0.1) is 6.92 Å². The molecule has 0 aliphatic carbocycles. The SMILES string of the molecule is COc1ccc(CCN2C(=O)NCC2(NS(C)(=O)=O)c2ccc(C)cc2)cc1. The van der Waals surface area contributed by atoms with Crippen LogP contribution in [0.25, 0.3) is 0 Å². The number of benzene rings is 2. The highest BCUT2D eigenvalue weighted by Gasteiger charge is 2.48. The number of sulfonamides is 1. The van der Waals surface area contributed by atoms with E-state index < -0.39 is 15.7 Å². The van der Waals surface area contributed by atoms with Gasteiger partial charge in [-0.25, -0.2) is 13.2 Å². The monoisotopic (exact) mass is 403 g/mol. The molecule has 2 aromatic carbocycles. The molecule has 7 nitrogen and oxygen atoms in total. The van der Waals surface area contributed by atoms with Crippen molar-refractivity contribution < 1.29 is 17.9 Å². The third-order valence-corrected chi connectivity index (χ3v) is 5.58. The molecular weight excluding hydrogens is 378 g/mol. The number of ether oxygens (including phenoxy) is 1. The average molecular weight is 404 g/mol. The fraction of sp³-hybridized carbons (Fsp3) is 0.350. The minimum Gasteiger partial charge on any atom is -0.497 e. The molecule has 1 aliphatic heterocycles. The largest absolute Gasteiger partial charge is 0.497 e. The molecule has 8 heteroatoms. The van der Waals surface area contributed by atoms with E-state index in [9.17, 15) is 13.2 Å². The van der Waals surface area contributed by atoms with Crippen LogP contribution >= 0.6 is 0 Å². The smallest absolute Gasteiger partial charge is 0.319 e. The summed E-state index contributed by atoms with van der Waals surface area (Å²) in [7, 11) is -1.97. The quantitative estimate of drug-likeness (QED) is 0.740. The van der Waals surface area contributed by atoms with Gasteiger partial charge in [0.1, 0.15) is 5.75 Å². The number of rotatable bonds is 7. The number of carbonyl (C=O) groups excluding carboxylic acids is 1. The Morgan fingerprint density at radius 2 is 1.79 bits per heavy atom. The van der Waals surface area contributed by atoms with Crippen LogP contribution in [0.5, 0.6) is 5.75 Å². The molecule has 0 spiro atoms. The van der Waals surface area contributed by atoms with Crippen LogP contribution < -0.4 is 14.8 Å². The van der Waals surface area contributed by atoms with Gasteiger partial charge in [-0.05, 0) is 36.6 Å². The van der Waals surface area contributed by atoms with Crippen molar-refractivity contribution in [2.24, 2.45) is 0 Å². The highest BCUT2D eigenvalue weighted by molar-refractivity contribution is 7.88. The predicted octanol–water partition coefficient (Wildman–Crippen LogP) is 1.97. The van der Waals surface area contributed by atoms with E-state index >= 15 is 0 Å². The van der Waals surface area contributed by atoms with Crippen molar-refractivity contribution in [3.8, 4) is 5.75 Å². The minimum absolute atomic E-state index is 0.157. The first-order valence-electron chi connectivity index (χ1n) is 8.98. The van der Waals surface area contributed by atoms with Gasteiger partial charge in [0.2, 0.25) is 10.0 Å². The number of amides is 2. The van der Waals surface area contributed by atoms with E-state index in [4.69, 9.17) is 4.74 Å². The van der Waals surface area contributed by atoms with Crippen LogP contribution in [0.4, 0.5) is 4.79 Å². The van der Waals surface area contributed by atoms with Gasteiger partial charge >= 0.3 is 6.03 Å². The number of aryl methyl sites for hydroxylation is 1. The summed E-state index contributed by atoms with van der Waals surface area (Å²) in [6.45, 7) is 2.47. The van der Waals surface area contributed by atoms with Crippen LogP contribution in [0.1, 0.15) is 16.7 Å². The first-order valence-corrected chi connectivity index (χ1v) is 10.9. The van der Waals surface area contributed by atoms with Crippen LogP contribution in [-0.2, 0) is 22.1 Å². The molecule has 1 unspecified atom stereocenters. The van der Waals surface area contributed by atoms with E-state index in [0.717, 1.165) is 28.7 Å². The maximum atomic E-state index is 12.6. The standard InChI is InChI=1S/C20H25N3O4S/c1-15-4-8-17(9-5-15)20(22-28(3,25)26)14-21-19(24)23(20)13-12-16-6-10-18(27-2)11-7-16/h4-11,22H,12-14H2,1-3H3,(H,21,24). The zero-order chi connectivity index (χ0) is 20.4. The summed E-state index contributed by atoms with van der Waals surface area (Å²) in [5.41, 5.74) is 1.64. The zero-order valence-corrected chi connectivity index (χ0v) is 17.0. The Balaban J connectivity index is 1.92. The van der Waals surface area contributed by atoms with E-state index in [2.05, 4.69) is 10.0 Å². The third kappa shape index (κ3) is 4.28. The first kappa shape index (κ1) is 20.2. The maximum absolute atomic E-state index is 12.6. The van der Waals surface area contributed by atoms with Crippen LogP contribution in [0.15, 0.2) is 48.5 Å². The molecule has 1 atom stereocenters. The fourth-order valence-corrected chi connectivity index (χ4v) is 4.35. The van der Waals surface area contributed by atoms with Crippen LogP contribution in [-0.4, -0.2) is 45.8 Å². The number of nitrogens with zero attached hydrogens (tertiary/aromatic N) is 1. The summed E-state index contributed by atoms with van der Waals surface area (Å²) in [5, 5.41) is 2.79. The molecule has 0 saturated carbocycles. The molecular formula is C20H25N3O4S. The molecule has 3 rings (SSSR count). The number of hydrogen-bond donors (Lipinski definition) is 2. The summed E-state index contributed by atoms with van der Waals surface area (Å²) < 4.78 is 32.1. The Kier molecular flexibility index (Phi) is 5.62. The molecule has 2 aromatic rings. The van der Waals surface area contributed by atoms with Gasteiger partial charge in [-0.2, -0.15) is 4.72 Å². The van der Waals surface area contributed by atoms with Gasteiger partial charge in [-0.3, -0.25) is 4.90 Å². The van der Waals surface area contributed by atoms with Gasteiger partial charge in [-0.1, -0.05) is 42.0 Å². The molecule has 28 heavy (non-hydrogen) atoms. The number of urea groups is 1. The highest BCUT2D eigenvalue weighted by Crippen LogP contribution is 2.31. The lowest BCUT2D eigenvalue weighted by Crippen LogP contribution is -2.57. The lowest BCUT2D eigenvalue weighted by molar-refractivity contribution is 0.147. The molecule has 150 valence electrons. The summed E-state index contributed by atoms with van der Waals surface area (Å²) in [6.07, 6.45) is 1.68. The minimum atomic E-state index is -3.57. The lowest BCUT2D eigenvalue weighted by atomic mass is 9.98. The van der Waals surface area contributed by atoms with E-state index in [-0.39, 0.29) is 12.6 Å². The Hall–Kier alpha value is -2.58. The van der Waals surface area contributed by atoms with Crippen molar-refractivity contribution in [2.45, 2.75) is 19.0 Å². The van der Waals surface area contributed by atoms with Gasteiger partial charge in [0.05, 0.1) is 19.9 Å². The molecule has 2 amide bonds. The van der Waals surface area contributed by atoms with Gasteiger partial charge in [-0.15, -0.1) is 0 Å². The lowest BCUT2D eigenvalue weighted by Gasteiger charge is -2.37. The molecule has 0 bridgehead atoms. The van der Waals surface area contributed by atoms with Crippen molar-refractivity contribution in [2.75, 3.05) is 26.5 Å². The normalized spacial score (nSPS) is 19.5. The average Bonchev–Trinajstić information content (AvgIpc) is 2.96. The Morgan fingerprint density at radius 3 is 2.36 bits per heavy atom. The van der Waals surface area contributed by atoms with Crippen molar-refractivity contribution in [1.82, 2.24) is 14.9 Å². The molecule has 1 aliphatic rings. The Morgan fingerprint density at radius 1 is 1.14 bits per heavy atom. The molecule has 0 radical (unpaired) electrons. The van der Waals surface area contributed by atoms with Crippen molar-refractivity contribution >= 4 is 16.1 Å². The summed E-state index contributed by atoms with van der Waals surface area (Å²) in [6, 6.07) is 14.8. The van der Waals surface area contributed by atoms with E-state index in [1.807, 2.05) is 55.5 Å². The third-order valence-electron chi connectivity index (χ3n) is 4.87. The maximum Gasteiger partial charge on any atom is 0.319 e. The number of carbonyl (C=O) groups is 1. The zero-order valence-electron chi connectivity index (χ0n) is 16.2. The van der Waals surface area contributed by atoms with Gasteiger partial charge in [0.25, 0.3) is 0 Å². The number of nitrogens with one attached hydrogen (secondary N) is 2. The Bertz CT molecular complexity index is 942. The highest BCUT2D eigenvalue weighted by atomic mass is 32.2. The topological polar surface area (TPSA) is 87.7 Å². The molecule has 0 aromatic heterocycles. The predicted molar refractivity (Wildman–Crippen MR) is 108 cm³/mol. The second-order valence-corrected chi connectivity index (χ2v) is 8.76. The molecule has 1 saturated heterocycles. The molecule has 2 N–H and O–H groups in total. The fourth-order valence-electron chi connectivity index (χ4n) is 3.44. The second-order valence-electron chi connectivity index (χ2n) is 7.01. The first-order chi connectivity index (χ1) is 13.2. The van der Waals surface area contributed by atoms with Gasteiger partial charge in [0, 0.05) is 6.54 Å². The van der Waals surface area contributed by atoms with Crippen molar-refractivity contribution in [1.29, 1.82) is 0 Å². The number of methoxy groups -OCH3 is 1. The Labute approximate surface area is 165 Å². The molecule has 1 heterocycles. The van der Waals surface area contributed by atoms with E-state index in [0.29, 0.717) is 13.0 Å². The van der Waals surface area contributed by atoms with Crippen molar-refractivity contribution in [3.05, 3.63) is 65.2 Å². The summed E-state index contributed by atoms with van der Waals surface area (Å²) in [5.74, 6) is 0.760. The summed E-state index contributed by atoms with van der Waals surface area (Å²) >= 11 is 0. The number of hydrogen-bond acceptors (Lipinski definition) is 4. The van der Waals surface area contributed by atoms with Gasteiger partial charge < -0.3 is 10.1 Å². The van der Waals surface area contributed by atoms with Gasteiger partial charge in [0.15, 0.2) is 5.66 Å². The van der Waals surface area contributed by atoms with E-state index in [1.54, 1.807) is 12.0 Å². The molecule has 1 fully saturated rings. The van der Waals surface area contributed by atoms with Crippen LogP contribution in [0.3, 0.4) is 0 Å². The second kappa shape index (κ2) is 7.81. The van der Waals surface area contributed by atoms with E-state index in [1.165, 1.54) is 0 Å². The van der Waals surface area contributed by atoms with Crippen molar-refractivity contribution in [3.63, 3.8) is 0 Å².